The summed E-state index contributed by atoms with van der Waals surface area (Å²) in [4.78, 5) is 14.8. The first-order chi connectivity index (χ1) is 13.8. The summed E-state index contributed by atoms with van der Waals surface area (Å²) >= 11 is 1.25. The Labute approximate surface area is 169 Å². The van der Waals surface area contributed by atoms with Gasteiger partial charge in [0.15, 0.2) is 5.75 Å². The summed E-state index contributed by atoms with van der Waals surface area (Å²) < 4.78 is 50.5. The van der Waals surface area contributed by atoms with Gasteiger partial charge in [-0.25, -0.2) is 4.79 Å². The molecule has 8 heteroatoms. The van der Waals surface area contributed by atoms with Gasteiger partial charge in [-0.15, -0.1) is 11.3 Å². The van der Waals surface area contributed by atoms with E-state index in [4.69, 9.17) is 9.47 Å². The molecule has 2 aromatic carbocycles. The van der Waals surface area contributed by atoms with Crippen molar-refractivity contribution in [2.24, 2.45) is 0 Å². The molecule has 0 N–H and O–H groups in total. The zero-order valence-electron chi connectivity index (χ0n) is 15.3. The Hall–Kier alpha value is -3.00. The molecule has 4 nitrogen and oxygen atoms in total. The first kappa shape index (κ1) is 19.3. The number of hydrogen-bond acceptors (Lipinski definition) is 5. The first-order valence-corrected chi connectivity index (χ1v) is 9.56. The Morgan fingerprint density at radius 2 is 1.93 bits per heavy atom. The molecule has 0 radical (unpaired) electrons. The number of nitrogens with zero attached hydrogens (tertiary/aromatic N) is 1. The average Bonchev–Trinajstić information content (AvgIpc) is 3.10. The number of anilines is 1. The third-order valence-electron chi connectivity index (χ3n) is 4.58. The predicted molar refractivity (Wildman–Crippen MR) is 104 cm³/mol. The van der Waals surface area contributed by atoms with Gasteiger partial charge >= 0.3 is 12.1 Å². The summed E-state index contributed by atoms with van der Waals surface area (Å²) in [6.45, 7) is 0.698. The van der Waals surface area contributed by atoms with E-state index >= 15 is 0 Å². The zero-order chi connectivity index (χ0) is 20.6. The van der Waals surface area contributed by atoms with Crippen LogP contribution in [0.3, 0.4) is 0 Å². The van der Waals surface area contributed by atoms with E-state index in [0.29, 0.717) is 35.2 Å². The third-order valence-corrected chi connectivity index (χ3v) is 5.63. The minimum absolute atomic E-state index is 0.327. The number of ether oxygens (including phenoxy) is 2. The number of esters is 1. The molecule has 3 aromatic rings. The lowest BCUT2D eigenvalue weighted by Gasteiger charge is -2.24. The molecule has 1 aliphatic rings. The van der Waals surface area contributed by atoms with Crippen molar-refractivity contribution in [1.29, 1.82) is 0 Å². The van der Waals surface area contributed by atoms with Gasteiger partial charge in [-0.3, -0.25) is 0 Å². The van der Waals surface area contributed by atoms with Crippen LogP contribution in [0.5, 0.6) is 11.5 Å². The number of benzene rings is 2. The standard InChI is InChI=1S/C21H16F3NO3S/c1-27-20(26)19-9-7-15(29-19)12-25-11-13-4-2-3-5-17(13)28-18-8-6-14(10-16(18)25)21(22,23)24/h2-10H,11-12H2,1H3. The minimum atomic E-state index is -4.46. The fourth-order valence-electron chi connectivity index (χ4n) is 3.17. The van der Waals surface area contributed by atoms with E-state index < -0.39 is 17.7 Å². The van der Waals surface area contributed by atoms with E-state index in [2.05, 4.69) is 0 Å². The zero-order valence-corrected chi connectivity index (χ0v) is 16.1. The molecular weight excluding hydrogens is 403 g/mol. The van der Waals surface area contributed by atoms with Crippen LogP contribution in [0.4, 0.5) is 18.9 Å². The van der Waals surface area contributed by atoms with Crippen molar-refractivity contribution in [3.8, 4) is 11.5 Å². The van der Waals surface area contributed by atoms with Gasteiger partial charge in [-0.2, -0.15) is 13.2 Å². The Balaban J connectivity index is 1.75. The number of methoxy groups -OCH3 is 1. The van der Waals surface area contributed by atoms with Gasteiger partial charge in [-0.1, -0.05) is 18.2 Å². The molecule has 0 aliphatic carbocycles. The normalized spacial score (nSPS) is 13.2. The van der Waals surface area contributed by atoms with Crippen molar-refractivity contribution in [3.05, 3.63) is 75.5 Å². The summed E-state index contributed by atoms with van der Waals surface area (Å²) in [6, 6.07) is 14.3. The van der Waals surface area contributed by atoms with Crippen LogP contribution in [0.2, 0.25) is 0 Å². The van der Waals surface area contributed by atoms with Crippen LogP contribution in [0.15, 0.2) is 54.6 Å². The molecule has 150 valence electrons. The lowest BCUT2D eigenvalue weighted by atomic mass is 10.1. The summed E-state index contributed by atoms with van der Waals surface area (Å²) in [7, 11) is 1.31. The van der Waals surface area contributed by atoms with Crippen LogP contribution in [0.25, 0.3) is 0 Å². The van der Waals surface area contributed by atoms with Crippen molar-refractivity contribution in [1.82, 2.24) is 0 Å². The maximum absolute atomic E-state index is 13.3. The number of alkyl halides is 3. The van der Waals surface area contributed by atoms with Gasteiger partial charge in [-0.05, 0) is 36.4 Å². The van der Waals surface area contributed by atoms with Crippen molar-refractivity contribution >= 4 is 23.0 Å². The molecule has 29 heavy (non-hydrogen) atoms. The van der Waals surface area contributed by atoms with E-state index in [-0.39, 0.29) is 0 Å². The average molecular weight is 419 g/mol. The smallest absolute Gasteiger partial charge is 0.416 e. The number of rotatable bonds is 3. The molecule has 0 unspecified atom stereocenters. The van der Waals surface area contributed by atoms with Crippen LogP contribution in [-0.2, 0) is 24.0 Å². The summed E-state index contributed by atoms with van der Waals surface area (Å²) in [5.41, 5.74) is 0.475. The van der Waals surface area contributed by atoms with Crippen molar-refractivity contribution < 1.29 is 27.4 Å². The van der Waals surface area contributed by atoms with Gasteiger partial charge in [0, 0.05) is 17.0 Å². The quantitative estimate of drug-likeness (QED) is 0.498. The van der Waals surface area contributed by atoms with E-state index in [1.165, 1.54) is 24.5 Å². The molecule has 1 aliphatic heterocycles. The van der Waals surface area contributed by atoms with E-state index in [1.54, 1.807) is 18.2 Å². The topological polar surface area (TPSA) is 38.8 Å². The van der Waals surface area contributed by atoms with Crippen LogP contribution in [0.1, 0.15) is 25.7 Å². The fraction of sp³-hybridized carbons (Fsp3) is 0.190. The van der Waals surface area contributed by atoms with Gasteiger partial charge in [0.25, 0.3) is 0 Å². The molecule has 0 atom stereocenters. The molecule has 0 saturated heterocycles. The number of thiophene rings is 1. The minimum Gasteiger partial charge on any atom is -0.465 e. The molecule has 0 amide bonds. The van der Waals surface area contributed by atoms with Gasteiger partial charge < -0.3 is 14.4 Å². The highest BCUT2D eigenvalue weighted by Crippen LogP contribution is 2.43. The highest BCUT2D eigenvalue weighted by atomic mass is 32.1. The Kier molecular flexibility index (Phi) is 4.96. The first-order valence-electron chi connectivity index (χ1n) is 8.74. The van der Waals surface area contributed by atoms with E-state index in [1.807, 2.05) is 23.1 Å². The summed E-state index contributed by atoms with van der Waals surface area (Å²) in [6.07, 6.45) is -4.46. The van der Waals surface area contributed by atoms with Crippen LogP contribution in [-0.4, -0.2) is 13.1 Å². The van der Waals surface area contributed by atoms with Gasteiger partial charge in [0.1, 0.15) is 10.6 Å². The Morgan fingerprint density at radius 3 is 2.69 bits per heavy atom. The number of carbonyl (C=O) groups excluding carboxylic acids is 1. The molecule has 0 spiro atoms. The third kappa shape index (κ3) is 3.93. The monoisotopic (exact) mass is 419 g/mol. The summed E-state index contributed by atoms with van der Waals surface area (Å²) in [5.74, 6) is 0.524. The van der Waals surface area contributed by atoms with E-state index in [9.17, 15) is 18.0 Å². The molecular formula is C21H16F3NO3S. The predicted octanol–water partition coefficient (Wildman–Crippen LogP) is 5.87. The summed E-state index contributed by atoms with van der Waals surface area (Å²) in [5, 5.41) is 0. The number of fused-ring (bicyclic) bond motifs is 2. The van der Waals surface area contributed by atoms with Crippen LogP contribution in [0, 0.1) is 0 Å². The van der Waals surface area contributed by atoms with Crippen molar-refractivity contribution in [3.63, 3.8) is 0 Å². The van der Waals surface area contributed by atoms with Crippen molar-refractivity contribution in [2.45, 2.75) is 19.3 Å². The highest BCUT2D eigenvalue weighted by molar-refractivity contribution is 7.13. The van der Waals surface area contributed by atoms with E-state index in [0.717, 1.165) is 22.6 Å². The second kappa shape index (κ2) is 7.44. The number of hydrogen-bond donors (Lipinski definition) is 0. The number of para-hydroxylation sites is 1. The van der Waals surface area contributed by atoms with Crippen LogP contribution < -0.4 is 9.64 Å². The Morgan fingerprint density at radius 1 is 1.14 bits per heavy atom. The molecule has 0 bridgehead atoms. The largest absolute Gasteiger partial charge is 0.465 e. The fourth-order valence-corrected chi connectivity index (χ4v) is 4.11. The van der Waals surface area contributed by atoms with Crippen molar-refractivity contribution in [2.75, 3.05) is 12.0 Å². The molecule has 0 fully saturated rings. The lowest BCUT2D eigenvalue weighted by Crippen LogP contribution is -2.21. The molecule has 1 aromatic heterocycles. The molecule has 0 saturated carbocycles. The lowest BCUT2D eigenvalue weighted by molar-refractivity contribution is -0.137. The van der Waals surface area contributed by atoms with Crippen LogP contribution >= 0.6 is 11.3 Å². The maximum Gasteiger partial charge on any atom is 0.416 e. The maximum atomic E-state index is 13.3. The second-order valence-corrected chi connectivity index (χ2v) is 7.67. The molecule has 4 rings (SSSR count). The second-order valence-electron chi connectivity index (χ2n) is 6.50. The molecule has 2 heterocycles. The van der Waals surface area contributed by atoms with Gasteiger partial charge in [0.2, 0.25) is 0 Å². The van der Waals surface area contributed by atoms with Gasteiger partial charge in [0.05, 0.1) is 24.9 Å². The number of carbonyl (C=O) groups is 1. The number of halogens is 3. The Bertz CT molecular complexity index is 1060. The highest BCUT2D eigenvalue weighted by Gasteiger charge is 2.33. The SMILES string of the molecule is COC(=O)c1ccc(CN2Cc3ccccc3Oc3ccc(C(F)(F)F)cc32)s1.